The van der Waals surface area contributed by atoms with Crippen molar-refractivity contribution in [2.75, 3.05) is 0 Å². The molecule has 25 heavy (non-hydrogen) atoms. The van der Waals surface area contributed by atoms with Gasteiger partial charge in [-0.15, -0.1) is 0 Å². The first-order chi connectivity index (χ1) is 11.9. The lowest BCUT2D eigenvalue weighted by atomic mass is 9.68. The lowest BCUT2D eigenvalue weighted by Gasteiger charge is -2.34. The first-order valence-corrected chi connectivity index (χ1v) is 8.13. The molecular formula is C21H15F3O. The highest BCUT2D eigenvalue weighted by Gasteiger charge is 2.41. The van der Waals surface area contributed by atoms with Gasteiger partial charge in [0.05, 0.1) is 5.56 Å². The molecule has 126 valence electrons. The zero-order chi connectivity index (χ0) is 17.7. The van der Waals surface area contributed by atoms with E-state index in [1.807, 2.05) is 30.3 Å². The molecule has 0 bridgehead atoms. The quantitative estimate of drug-likeness (QED) is 0.663. The number of hydrogen-bond donors (Lipinski definition) is 0. The molecule has 2 aromatic carbocycles. The van der Waals surface area contributed by atoms with Crippen LogP contribution in [0.3, 0.4) is 0 Å². The smallest absolute Gasteiger partial charge is 0.289 e. The number of halogens is 3. The van der Waals surface area contributed by atoms with E-state index in [1.54, 1.807) is 6.08 Å². The molecule has 0 fully saturated rings. The maximum absolute atomic E-state index is 12.8. The summed E-state index contributed by atoms with van der Waals surface area (Å²) in [7, 11) is 0. The molecule has 1 unspecified atom stereocenters. The Morgan fingerprint density at radius 1 is 0.960 bits per heavy atom. The molecule has 0 N–H and O–H groups in total. The fraction of sp³-hybridized carbons (Fsp3) is 0.190. The van der Waals surface area contributed by atoms with Crippen LogP contribution in [0.2, 0.25) is 0 Å². The van der Waals surface area contributed by atoms with Crippen molar-refractivity contribution in [3.63, 3.8) is 0 Å². The van der Waals surface area contributed by atoms with Gasteiger partial charge >= 0.3 is 6.18 Å². The first kappa shape index (κ1) is 15.9. The Labute approximate surface area is 143 Å². The second-order valence-electron chi connectivity index (χ2n) is 6.45. The third-order valence-corrected chi connectivity index (χ3v) is 5.08. The summed E-state index contributed by atoms with van der Waals surface area (Å²) in [6.45, 7) is 0. The maximum atomic E-state index is 12.8. The summed E-state index contributed by atoms with van der Waals surface area (Å²) in [6.07, 6.45) is 2.86. The number of benzene rings is 2. The van der Waals surface area contributed by atoms with Gasteiger partial charge in [-0.3, -0.25) is 4.79 Å². The Morgan fingerprint density at radius 3 is 2.40 bits per heavy atom. The van der Waals surface area contributed by atoms with E-state index in [4.69, 9.17) is 0 Å². The molecule has 0 saturated heterocycles. The van der Waals surface area contributed by atoms with E-state index in [-0.39, 0.29) is 5.78 Å². The van der Waals surface area contributed by atoms with Crippen LogP contribution in [0.15, 0.2) is 66.8 Å². The SMILES string of the molecule is O=C1C=CC2(CCC=C2c2ccc(C(F)(F)F)cc2)c2ccccc21. The van der Waals surface area contributed by atoms with Crippen molar-refractivity contribution in [1.82, 2.24) is 0 Å². The van der Waals surface area contributed by atoms with Crippen LogP contribution >= 0.6 is 0 Å². The molecule has 2 aliphatic rings. The average Bonchev–Trinajstić information content (AvgIpc) is 3.03. The summed E-state index contributed by atoms with van der Waals surface area (Å²) in [5.74, 6) is -0.0279. The van der Waals surface area contributed by atoms with E-state index in [0.717, 1.165) is 41.7 Å². The lowest BCUT2D eigenvalue weighted by Crippen LogP contribution is -2.28. The van der Waals surface area contributed by atoms with Gasteiger partial charge in [0, 0.05) is 11.0 Å². The van der Waals surface area contributed by atoms with Crippen molar-refractivity contribution < 1.29 is 18.0 Å². The minimum atomic E-state index is -4.34. The molecule has 0 saturated carbocycles. The Balaban J connectivity index is 1.82. The molecule has 2 aromatic rings. The molecule has 2 aliphatic carbocycles. The van der Waals surface area contributed by atoms with E-state index < -0.39 is 17.2 Å². The second-order valence-corrected chi connectivity index (χ2v) is 6.45. The van der Waals surface area contributed by atoms with Crippen LogP contribution in [0.5, 0.6) is 0 Å². The molecular weight excluding hydrogens is 325 g/mol. The van der Waals surface area contributed by atoms with Crippen molar-refractivity contribution >= 4 is 11.4 Å². The fourth-order valence-electron chi connectivity index (χ4n) is 3.91. The molecule has 0 aliphatic heterocycles. The summed E-state index contributed by atoms with van der Waals surface area (Å²) in [6, 6.07) is 12.8. The summed E-state index contributed by atoms with van der Waals surface area (Å²) in [5, 5.41) is 0. The fourth-order valence-corrected chi connectivity index (χ4v) is 3.91. The van der Waals surface area contributed by atoms with Crippen molar-refractivity contribution in [1.29, 1.82) is 0 Å². The summed E-state index contributed by atoms with van der Waals surface area (Å²) in [5.41, 5.74) is 2.25. The number of fused-ring (bicyclic) bond motifs is 2. The molecule has 0 radical (unpaired) electrons. The molecule has 0 amide bonds. The molecule has 1 atom stereocenters. The van der Waals surface area contributed by atoms with Crippen LogP contribution in [0.1, 0.15) is 39.9 Å². The molecule has 0 heterocycles. The standard InChI is InChI=1S/C21H15F3O/c22-21(23,24)15-9-7-14(8-10-15)17-6-3-12-20(17)13-11-19(25)16-4-1-2-5-18(16)20/h1-2,4-11,13H,3,12H2. The van der Waals surface area contributed by atoms with Gasteiger partial charge in [-0.2, -0.15) is 13.2 Å². The number of rotatable bonds is 1. The average molecular weight is 340 g/mol. The second kappa shape index (κ2) is 5.45. The summed E-state index contributed by atoms with van der Waals surface area (Å²) in [4.78, 5) is 12.2. The van der Waals surface area contributed by atoms with Gasteiger partial charge in [0.1, 0.15) is 0 Å². The van der Waals surface area contributed by atoms with E-state index in [9.17, 15) is 18.0 Å². The molecule has 4 rings (SSSR count). The first-order valence-electron chi connectivity index (χ1n) is 8.13. The molecule has 1 spiro atoms. The highest BCUT2D eigenvalue weighted by molar-refractivity contribution is 6.09. The number of alkyl halides is 3. The van der Waals surface area contributed by atoms with Crippen LogP contribution in [0, 0.1) is 0 Å². The van der Waals surface area contributed by atoms with Crippen LogP contribution in [-0.2, 0) is 11.6 Å². The number of carbonyl (C=O) groups excluding carboxylic acids is 1. The van der Waals surface area contributed by atoms with E-state index in [2.05, 4.69) is 6.08 Å². The normalized spacial score (nSPS) is 22.2. The Morgan fingerprint density at radius 2 is 1.68 bits per heavy atom. The van der Waals surface area contributed by atoms with E-state index in [0.29, 0.717) is 5.56 Å². The van der Waals surface area contributed by atoms with Gasteiger partial charge in [0.2, 0.25) is 0 Å². The number of hydrogen-bond acceptors (Lipinski definition) is 1. The van der Waals surface area contributed by atoms with Gasteiger partial charge in [-0.05, 0) is 47.8 Å². The third kappa shape index (κ3) is 2.44. The highest BCUT2D eigenvalue weighted by atomic mass is 19.4. The molecule has 4 heteroatoms. The van der Waals surface area contributed by atoms with Crippen molar-refractivity contribution in [2.45, 2.75) is 24.4 Å². The largest absolute Gasteiger partial charge is 0.416 e. The van der Waals surface area contributed by atoms with Gasteiger partial charge in [-0.1, -0.05) is 48.6 Å². The Kier molecular flexibility index (Phi) is 3.46. The zero-order valence-electron chi connectivity index (χ0n) is 13.3. The summed E-state index contributed by atoms with van der Waals surface area (Å²) < 4.78 is 38.5. The maximum Gasteiger partial charge on any atom is 0.416 e. The van der Waals surface area contributed by atoms with Gasteiger partial charge in [0.15, 0.2) is 5.78 Å². The molecule has 0 aromatic heterocycles. The highest BCUT2D eigenvalue weighted by Crippen LogP contribution is 2.51. The van der Waals surface area contributed by atoms with Crippen LogP contribution in [0.25, 0.3) is 5.57 Å². The zero-order valence-corrected chi connectivity index (χ0v) is 13.3. The third-order valence-electron chi connectivity index (χ3n) is 5.08. The van der Waals surface area contributed by atoms with E-state index in [1.165, 1.54) is 12.1 Å². The Hall–Kier alpha value is -2.62. The van der Waals surface area contributed by atoms with Crippen molar-refractivity contribution in [3.05, 3.63) is 89.0 Å². The van der Waals surface area contributed by atoms with Crippen LogP contribution < -0.4 is 0 Å². The monoisotopic (exact) mass is 340 g/mol. The Bertz CT molecular complexity index is 903. The topological polar surface area (TPSA) is 17.1 Å². The number of carbonyl (C=O) groups is 1. The molecule has 1 nitrogen and oxygen atoms in total. The van der Waals surface area contributed by atoms with Crippen molar-refractivity contribution in [3.8, 4) is 0 Å². The van der Waals surface area contributed by atoms with Crippen LogP contribution in [-0.4, -0.2) is 5.78 Å². The predicted molar refractivity (Wildman–Crippen MR) is 90.2 cm³/mol. The van der Waals surface area contributed by atoms with Crippen LogP contribution in [0.4, 0.5) is 13.2 Å². The van der Waals surface area contributed by atoms with E-state index >= 15 is 0 Å². The number of allylic oxidation sites excluding steroid dienone is 4. The number of ketones is 1. The van der Waals surface area contributed by atoms with Gasteiger partial charge < -0.3 is 0 Å². The summed E-state index contributed by atoms with van der Waals surface area (Å²) >= 11 is 0. The minimum absolute atomic E-state index is 0.0279. The van der Waals surface area contributed by atoms with Gasteiger partial charge in [-0.25, -0.2) is 0 Å². The van der Waals surface area contributed by atoms with Crippen molar-refractivity contribution in [2.24, 2.45) is 0 Å². The minimum Gasteiger partial charge on any atom is -0.289 e. The predicted octanol–water partition coefficient (Wildman–Crippen LogP) is 5.57. The van der Waals surface area contributed by atoms with Gasteiger partial charge in [0.25, 0.3) is 0 Å². The lowest BCUT2D eigenvalue weighted by molar-refractivity contribution is -0.137.